The number of nitrogens with one attached hydrogen (secondary N) is 1. The van der Waals surface area contributed by atoms with E-state index in [0.717, 1.165) is 16.4 Å². The predicted molar refractivity (Wildman–Crippen MR) is 112 cm³/mol. The van der Waals surface area contributed by atoms with E-state index in [9.17, 15) is 31.2 Å². The minimum absolute atomic E-state index is 0.140. The Morgan fingerprint density at radius 1 is 1.16 bits per heavy atom. The van der Waals surface area contributed by atoms with Crippen LogP contribution in [0, 0.1) is 0 Å². The second-order valence-corrected chi connectivity index (χ2v) is 9.39. The van der Waals surface area contributed by atoms with Crippen molar-refractivity contribution in [3.63, 3.8) is 0 Å². The van der Waals surface area contributed by atoms with Crippen LogP contribution in [0.3, 0.4) is 0 Å². The van der Waals surface area contributed by atoms with Gasteiger partial charge in [-0.2, -0.15) is 17.5 Å². The summed E-state index contributed by atoms with van der Waals surface area (Å²) < 4.78 is 70.4. The van der Waals surface area contributed by atoms with E-state index in [0.29, 0.717) is 6.07 Å². The van der Waals surface area contributed by atoms with Gasteiger partial charge in [-0.3, -0.25) is 4.79 Å². The summed E-state index contributed by atoms with van der Waals surface area (Å²) in [6.07, 6.45) is -4.76. The maximum atomic E-state index is 13.1. The van der Waals surface area contributed by atoms with E-state index in [4.69, 9.17) is 16.3 Å². The van der Waals surface area contributed by atoms with Crippen LogP contribution in [-0.4, -0.2) is 44.3 Å². The predicted octanol–water partition coefficient (Wildman–Crippen LogP) is 4.18. The normalized spacial score (nSPS) is 12.2. The third kappa shape index (κ3) is 6.21. The number of esters is 1. The Labute approximate surface area is 188 Å². The monoisotopic (exact) mass is 492 g/mol. The number of rotatable bonds is 7. The first-order valence-electron chi connectivity index (χ1n) is 9.15. The molecule has 0 aliphatic heterocycles. The van der Waals surface area contributed by atoms with Crippen molar-refractivity contribution >= 4 is 39.2 Å². The van der Waals surface area contributed by atoms with Crippen LogP contribution in [0.25, 0.3) is 0 Å². The van der Waals surface area contributed by atoms with Crippen LogP contribution in [-0.2, 0) is 25.7 Å². The number of amides is 1. The molecule has 0 radical (unpaired) electrons. The standard InChI is InChI=1S/C20H20ClF3N2O5S/c1-12(2)26(3)32(29,30)15-6-4-5-13(9-15)19(28)31-11-18(27)25-17-8-7-14(21)10-16(17)20(22,23)24/h4-10,12H,11H2,1-3H3,(H,25,27). The number of hydrogen-bond donors (Lipinski definition) is 1. The second kappa shape index (κ2) is 9.88. The second-order valence-electron chi connectivity index (χ2n) is 6.95. The van der Waals surface area contributed by atoms with Crippen molar-refractivity contribution < 1.29 is 35.9 Å². The molecule has 2 aromatic carbocycles. The number of carbonyl (C=O) groups excluding carboxylic acids is 2. The van der Waals surface area contributed by atoms with Crippen LogP contribution in [0.15, 0.2) is 47.4 Å². The maximum absolute atomic E-state index is 13.1. The largest absolute Gasteiger partial charge is 0.452 e. The van der Waals surface area contributed by atoms with Gasteiger partial charge >= 0.3 is 12.1 Å². The van der Waals surface area contributed by atoms with Gasteiger partial charge in [0.25, 0.3) is 5.91 Å². The van der Waals surface area contributed by atoms with Gasteiger partial charge in [0.05, 0.1) is 21.7 Å². The molecule has 12 heteroatoms. The number of sulfonamides is 1. The molecular formula is C20H20ClF3N2O5S. The lowest BCUT2D eigenvalue weighted by Gasteiger charge is -2.21. The lowest BCUT2D eigenvalue weighted by atomic mass is 10.1. The fourth-order valence-electron chi connectivity index (χ4n) is 2.49. The van der Waals surface area contributed by atoms with Crippen LogP contribution >= 0.6 is 11.6 Å². The highest BCUT2D eigenvalue weighted by molar-refractivity contribution is 7.89. The van der Waals surface area contributed by atoms with Crippen molar-refractivity contribution in [2.75, 3.05) is 19.0 Å². The van der Waals surface area contributed by atoms with E-state index in [1.54, 1.807) is 13.8 Å². The topological polar surface area (TPSA) is 92.8 Å². The Morgan fingerprint density at radius 3 is 2.41 bits per heavy atom. The molecule has 0 spiro atoms. The minimum atomic E-state index is -4.76. The number of anilines is 1. The molecule has 0 heterocycles. The molecule has 1 amide bonds. The number of hydrogen-bond acceptors (Lipinski definition) is 5. The molecule has 0 aliphatic rings. The summed E-state index contributed by atoms with van der Waals surface area (Å²) >= 11 is 5.58. The van der Waals surface area contributed by atoms with Crippen LogP contribution in [0.5, 0.6) is 0 Å². The molecule has 0 bridgehead atoms. The van der Waals surface area contributed by atoms with Crippen LogP contribution in [0.1, 0.15) is 29.8 Å². The first-order valence-corrected chi connectivity index (χ1v) is 11.0. The molecule has 2 rings (SSSR count). The summed E-state index contributed by atoms with van der Waals surface area (Å²) in [6.45, 7) is 2.47. The van der Waals surface area contributed by atoms with Crippen molar-refractivity contribution in [2.45, 2.75) is 31.0 Å². The smallest absolute Gasteiger partial charge is 0.418 e. The van der Waals surface area contributed by atoms with Gasteiger partial charge in [0, 0.05) is 18.1 Å². The number of ether oxygens (including phenoxy) is 1. The van der Waals surface area contributed by atoms with E-state index >= 15 is 0 Å². The van der Waals surface area contributed by atoms with Crippen molar-refractivity contribution in [1.82, 2.24) is 4.31 Å². The molecule has 0 fully saturated rings. The van der Waals surface area contributed by atoms with E-state index in [1.165, 1.54) is 31.3 Å². The van der Waals surface area contributed by atoms with E-state index in [-0.39, 0.29) is 21.5 Å². The third-order valence-corrected chi connectivity index (χ3v) is 6.63. The average molecular weight is 493 g/mol. The highest BCUT2D eigenvalue weighted by Gasteiger charge is 2.34. The third-order valence-electron chi connectivity index (χ3n) is 4.37. The van der Waals surface area contributed by atoms with Crippen LogP contribution in [0.4, 0.5) is 18.9 Å². The number of benzene rings is 2. The van der Waals surface area contributed by atoms with Crippen molar-refractivity contribution in [1.29, 1.82) is 0 Å². The number of halogens is 4. The first-order chi connectivity index (χ1) is 14.7. The minimum Gasteiger partial charge on any atom is -0.452 e. The summed E-state index contributed by atoms with van der Waals surface area (Å²) in [4.78, 5) is 24.1. The van der Waals surface area contributed by atoms with E-state index in [2.05, 4.69) is 0 Å². The summed E-state index contributed by atoms with van der Waals surface area (Å²) in [5.74, 6) is -2.04. The van der Waals surface area contributed by atoms with Gasteiger partial charge in [-0.15, -0.1) is 0 Å². The van der Waals surface area contributed by atoms with Crippen LogP contribution < -0.4 is 5.32 Å². The Hall–Kier alpha value is -2.63. The first kappa shape index (κ1) is 25.6. The number of alkyl halides is 3. The lowest BCUT2D eigenvalue weighted by molar-refractivity contribution is -0.137. The molecule has 1 N–H and O–H groups in total. The maximum Gasteiger partial charge on any atom is 0.418 e. The van der Waals surface area contributed by atoms with E-state index < -0.39 is 45.9 Å². The van der Waals surface area contributed by atoms with Gasteiger partial charge in [-0.1, -0.05) is 17.7 Å². The summed E-state index contributed by atoms with van der Waals surface area (Å²) in [5.41, 5.74) is -1.84. The number of carbonyl (C=O) groups is 2. The molecule has 2 aromatic rings. The SMILES string of the molecule is CC(C)N(C)S(=O)(=O)c1cccc(C(=O)OCC(=O)Nc2ccc(Cl)cc2C(F)(F)F)c1. The molecule has 0 aliphatic carbocycles. The Kier molecular flexibility index (Phi) is 7.92. The van der Waals surface area contributed by atoms with E-state index in [1.807, 2.05) is 5.32 Å². The van der Waals surface area contributed by atoms with Gasteiger partial charge in [0.1, 0.15) is 0 Å². The molecule has 7 nitrogen and oxygen atoms in total. The number of nitrogens with zero attached hydrogens (tertiary/aromatic N) is 1. The van der Waals surface area contributed by atoms with Gasteiger partial charge < -0.3 is 10.1 Å². The Bertz CT molecular complexity index is 1120. The van der Waals surface area contributed by atoms with Gasteiger partial charge in [0.15, 0.2) is 6.61 Å². The summed E-state index contributed by atoms with van der Waals surface area (Å²) in [7, 11) is -2.47. The molecular weight excluding hydrogens is 473 g/mol. The molecule has 32 heavy (non-hydrogen) atoms. The lowest BCUT2D eigenvalue weighted by Crippen LogP contribution is -2.33. The quantitative estimate of drug-likeness (QED) is 0.585. The zero-order valence-electron chi connectivity index (χ0n) is 17.2. The van der Waals surface area contributed by atoms with Crippen molar-refractivity contribution in [3.05, 3.63) is 58.6 Å². The Morgan fingerprint density at radius 2 is 1.81 bits per heavy atom. The summed E-state index contributed by atoms with van der Waals surface area (Å²) in [6, 6.07) is 7.49. The highest BCUT2D eigenvalue weighted by atomic mass is 35.5. The fourth-order valence-corrected chi connectivity index (χ4v) is 4.07. The van der Waals surface area contributed by atoms with Gasteiger partial charge in [0.2, 0.25) is 10.0 Å². The van der Waals surface area contributed by atoms with Gasteiger partial charge in [-0.25, -0.2) is 13.2 Å². The van der Waals surface area contributed by atoms with Crippen molar-refractivity contribution in [2.24, 2.45) is 0 Å². The fraction of sp³-hybridized carbons (Fsp3) is 0.300. The average Bonchev–Trinajstić information content (AvgIpc) is 2.71. The molecule has 0 atom stereocenters. The molecule has 0 unspecified atom stereocenters. The van der Waals surface area contributed by atoms with Crippen molar-refractivity contribution in [3.8, 4) is 0 Å². The molecule has 174 valence electrons. The van der Waals surface area contributed by atoms with Crippen LogP contribution in [0.2, 0.25) is 5.02 Å². The zero-order valence-corrected chi connectivity index (χ0v) is 18.8. The zero-order chi connectivity index (χ0) is 24.3. The molecule has 0 saturated heterocycles. The highest BCUT2D eigenvalue weighted by Crippen LogP contribution is 2.36. The van der Waals surface area contributed by atoms with Gasteiger partial charge in [-0.05, 0) is 50.2 Å². The molecule has 0 aromatic heterocycles. The summed E-state index contributed by atoms with van der Waals surface area (Å²) in [5, 5.41) is 1.85. The molecule has 0 saturated carbocycles. The Balaban J connectivity index is 2.10.